The predicted octanol–water partition coefficient (Wildman–Crippen LogP) is 2.49. The van der Waals surface area contributed by atoms with E-state index in [4.69, 9.17) is 21.4 Å². The van der Waals surface area contributed by atoms with E-state index in [0.717, 1.165) is 0 Å². The number of rotatable bonds is 5. The van der Waals surface area contributed by atoms with Crippen LogP contribution in [0.1, 0.15) is 17.3 Å². The van der Waals surface area contributed by atoms with Gasteiger partial charge in [-0.1, -0.05) is 11.6 Å². The molecule has 0 radical (unpaired) electrons. The van der Waals surface area contributed by atoms with E-state index < -0.39 is 5.97 Å². The Balaban J connectivity index is 2.90. The zero-order valence-corrected chi connectivity index (χ0v) is 9.91. The molecule has 2 N–H and O–H groups in total. The minimum atomic E-state index is -1.00. The third kappa shape index (κ3) is 3.40. The number of halogens is 1. The highest BCUT2D eigenvalue weighted by molar-refractivity contribution is 6.31. The number of anilines is 1. The largest absolute Gasteiger partial charge is 0.478 e. The smallest absolute Gasteiger partial charge is 0.337 e. The van der Waals surface area contributed by atoms with E-state index in [9.17, 15) is 4.79 Å². The number of aromatic carboxylic acids is 1. The van der Waals surface area contributed by atoms with Crippen molar-refractivity contribution in [2.75, 3.05) is 19.0 Å². The lowest BCUT2D eigenvalue weighted by molar-refractivity contribution is 0.0698. The first kappa shape index (κ1) is 12.8. The Morgan fingerprint density at radius 1 is 1.62 bits per heavy atom. The lowest BCUT2D eigenvalue weighted by atomic mass is 10.1. The summed E-state index contributed by atoms with van der Waals surface area (Å²) in [6.07, 6.45) is 0. The topological polar surface area (TPSA) is 58.6 Å². The molecule has 0 saturated heterocycles. The van der Waals surface area contributed by atoms with E-state index in [1.165, 1.54) is 6.07 Å². The molecule has 0 aliphatic heterocycles. The molecule has 5 heteroatoms. The monoisotopic (exact) mass is 243 g/mol. The number of hydrogen-bond donors (Lipinski definition) is 2. The second-order valence-electron chi connectivity index (χ2n) is 3.50. The van der Waals surface area contributed by atoms with Crippen molar-refractivity contribution in [3.8, 4) is 0 Å². The Morgan fingerprint density at radius 3 is 2.88 bits per heavy atom. The van der Waals surface area contributed by atoms with Crippen molar-refractivity contribution in [2.45, 2.75) is 13.0 Å². The molecule has 0 amide bonds. The number of ether oxygens (including phenoxy) is 1. The minimum absolute atomic E-state index is 0.0317. The summed E-state index contributed by atoms with van der Waals surface area (Å²) in [6.45, 7) is 2.41. The molecule has 1 aromatic carbocycles. The highest BCUT2D eigenvalue weighted by atomic mass is 35.5. The summed E-state index contributed by atoms with van der Waals surface area (Å²) in [4.78, 5) is 11.0. The van der Waals surface area contributed by atoms with Crippen LogP contribution in [0.5, 0.6) is 0 Å². The Kier molecular flexibility index (Phi) is 4.58. The quantitative estimate of drug-likeness (QED) is 0.834. The molecule has 0 heterocycles. The van der Waals surface area contributed by atoms with Gasteiger partial charge in [0, 0.05) is 23.9 Å². The predicted molar refractivity (Wildman–Crippen MR) is 63.4 cm³/mol. The van der Waals surface area contributed by atoms with Crippen molar-refractivity contribution in [3.63, 3.8) is 0 Å². The van der Waals surface area contributed by atoms with Gasteiger partial charge in [-0.2, -0.15) is 0 Å². The van der Waals surface area contributed by atoms with Crippen molar-refractivity contribution in [3.05, 3.63) is 28.8 Å². The van der Waals surface area contributed by atoms with Gasteiger partial charge in [0.15, 0.2) is 0 Å². The zero-order valence-electron chi connectivity index (χ0n) is 9.16. The van der Waals surface area contributed by atoms with Gasteiger partial charge >= 0.3 is 5.97 Å². The first-order chi connectivity index (χ1) is 7.54. The Labute approximate surface area is 99.2 Å². The molecule has 4 nitrogen and oxygen atoms in total. The lowest BCUT2D eigenvalue weighted by Crippen LogP contribution is -2.22. The standard InChI is InChI=1S/C11H14ClNO3/c1-7(6-16-2)13-10-4-3-8(12)5-9(10)11(14)15/h3-5,7,13H,6H2,1-2H3,(H,14,15). The van der Waals surface area contributed by atoms with Gasteiger partial charge in [-0.15, -0.1) is 0 Å². The number of carboxylic acids is 1. The van der Waals surface area contributed by atoms with Crippen LogP contribution in [0.4, 0.5) is 5.69 Å². The summed E-state index contributed by atoms with van der Waals surface area (Å²) >= 11 is 5.74. The molecule has 1 rings (SSSR count). The average Bonchev–Trinajstić information content (AvgIpc) is 2.20. The molecule has 0 fully saturated rings. The molecule has 0 aromatic heterocycles. The van der Waals surface area contributed by atoms with Crippen molar-refractivity contribution in [1.82, 2.24) is 0 Å². The van der Waals surface area contributed by atoms with Crippen LogP contribution < -0.4 is 5.32 Å². The van der Waals surface area contributed by atoms with Crippen molar-refractivity contribution < 1.29 is 14.6 Å². The van der Waals surface area contributed by atoms with Gasteiger partial charge in [0.25, 0.3) is 0 Å². The second-order valence-corrected chi connectivity index (χ2v) is 3.93. The minimum Gasteiger partial charge on any atom is -0.478 e. The van der Waals surface area contributed by atoms with E-state index in [0.29, 0.717) is 17.3 Å². The maximum atomic E-state index is 11.0. The fraction of sp³-hybridized carbons (Fsp3) is 0.364. The van der Waals surface area contributed by atoms with Gasteiger partial charge < -0.3 is 15.2 Å². The molecule has 0 spiro atoms. The maximum absolute atomic E-state index is 11.0. The summed E-state index contributed by atoms with van der Waals surface area (Å²) in [5.74, 6) is -1.00. The van der Waals surface area contributed by atoms with Gasteiger partial charge in [-0.25, -0.2) is 4.79 Å². The summed E-state index contributed by atoms with van der Waals surface area (Å²) in [7, 11) is 1.60. The highest BCUT2D eigenvalue weighted by Gasteiger charge is 2.12. The number of carboxylic acid groups (broad SMARTS) is 1. The molecule has 1 unspecified atom stereocenters. The summed E-state index contributed by atoms with van der Waals surface area (Å²) in [5, 5.41) is 12.5. The third-order valence-corrected chi connectivity index (χ3v) is 2.27. The number of carbonyl (C=O) groups is 1. The summed E-state index contributed by atoms with van der Waals surface area (Å²) in [5.41, 5.74) is 0.705. The third-order valence-electron chi connectivity index (χ3n) is 2.03. The van der Waals surface area contributed by atoms with E-state index >= 15 is 0 Å². The second kappa shape index (κ2) is 5.72. The van der Waals surface area contributed by atoms with Crippen LogP contribution in [0.15, 0.2) is 18.2 Å². The van der Waals surface area contributed by atoms with Crippen LogP contribution in [0.3, 0.4) is 0 Å². The van der Waals surface area contributed by atoms with Crippen molar-refractivity contribution >= 4 is 23.3 Å². The summed E-state index contributed by atoms with van der Waals surface area (Å²) in [6, 6.07) is 4.75. The Bertz CT molecular complexity index is 381. The zero-order chi connectivity index (χ0) is 12.1. The molecular formula is C11H14ClNO3. The number of benzene rings is 1. The van der Waals surface area contributed by atoms with E-state index in [1.807, 2.05) is 6.92 Å². The van der Waals surface area contributed by atoms with E-state index in [1.54, 1.807) is 19.2 Å². The average molecular weight is 244 g/mol. The van der Waals surface area contributed by atoms with Crippen LogP contribution in [0.25, 0.3) is 0 Å². The van der Waals surface area contributed by atoms with Gasteiger partial charge in [0.2, 0.25) is 0 Å². The van der Waals surface area contributed by atoms with Gasteiger partial charge in [0.1, 0.15) is 0 Å². The molecule has 1 aromatic rings. The molecule has 88 valence electrons. The van der Waals surface area contributed by atoms with Crippen molar-refractivity contribution in [2.24, 2.45) is 0 Å². The Morgan fingerprint density at radius 2 is 2.31 bits per heavy atom. The molecular weight excluding hydrogens is 230 g/mol. The molecule has 16 heavy (non-hydrogen) atoms. The SMILES string of the molecule is COCC(C)Nc1ccc(Cl)cc1C(=O)O. The highest BCUT2D eigenvalue weighted by Crippen LogP contribution is 2.21. The van der Waals surface area contributed by atoms with Crippen LogP contribution in [0, 0.1) is 0 Å². The molecule has 0 bridgehead atoms. The maximum Gasteiger partial charge on any atom is 0.337 e. The number of nitrogens with one attached hydrogen (secondary N) is 1. The van der Waals surface area contributed by atoms with E-state index in [-0.39, 0.29) is 11.6 Å². The van der Waals surface area contributed by atoms with Gasteiger partial charge in [-0.3, -0.25) is 0 Å². The van der Waals surface area contributed by atoms with Crippen LogP contribution in [-0.4, -0.2) is 30.8 Å². The summed E-state index contributed by atoms with van der Waals surface area (Å²) < 4.78 is 4.96. The van der Waals surface area contributed by atoms with Crippen LogP contribution >= 0.6 is 11.6 Å². The van der Waals surface area contributed by atoms with Crippen LogP contribution in [-0.2, 0) is 4.74 Å². The normalized spacial score (nSPS) is 12.2. The lowest BCUT2D eigenvalue weighted by Gasteiger charge is -2.16. The van der Waals surface area contributed by atoms with Gasteiger partial charge in [0.05, 0.1) is 12.2 Å². The fourth-order valence-corrected chi connectivity index (χ4v) is 1.55. The van der Waals surface area contributed by atoms with Crippen molar-refractivity contribution in [1.29, 1.82) is 0 Å². The van der Waals surface area contributed by atoms with Gasteiger partial charge in [-0.05, 0) is 25.1 Å². The molecule has 0 saturated carbocycles. The first-order valence-electron chi connectivity index (χ1n) is 4.83. The molecule has 0 aliphatic carbocycles. The first-order valence-corrected chi connectivity index (χ1v) is 5.20. The fourth-order valence-electron chi connectivity index (χ4n) is 1.38. The van der Waals surface area contributed by atoms with E-state index in [2.05, 4.69) is 5.32 Å². The number of hydrogen-bond acceptors (Lipinski definition) is 3. The molecule has 0 aliphatic rings. The van der Waals surface area contributed by atoms with Crippen LogP contribution in [0.2, 0.25) is 5.02 Å². The molecule has 1 atom stereocenters. The number of methoxy groups -OCH3 is 1. The Hall–Kier alpha value is -1.26.